The van der Waals surface area contributed by atoms with Crippen molar-refractivity contribution in [2.75, 3.05) is 26.4 Å². The number of hydrogen-bond donors (Lipinski definition) is 4. The van der Waals surface area contributed by atoms with Gasteiger partial charge in [-0.3, -0.25) is 33.5 Å². The van der Waals surface area contributed by atoms with E-state index in [1.54, 1.807) is 18.7 Å². The molecule has 48 heavy (non-hydrogen) atoms. The number of aromatic nitrogens is 1. The van der Waals surface area contributed by atoms with Gasteiger partial charge in [-0.25, -0.2) is 0 Å². The van der Waals surface area contributed by atoms with E-state index < -0.39 is 51.6 Å². The molecule has 3 amide bonds. The Labute approximate surface area is 288 Å². The zero-order valence-electron chi connectivity index (χ0n) is 28.0. The van der Waals surface area contributed by atoms with Crippen molar-refractivity contribution in [3.8, 4) is 0 Å². The van der Waals surface area contributed by atoms with E-state index in [0.717, 1.165) is 34.1 Å². The topological polar surface area (TPSA) is 173 Å². The van der Waals surface area contributed by atoms with Crippen LogP contribution in [0.15, 0.2) is 28.9 Å². The van der Waals surface area contributed by atoms with Crippen molar-refractivity contribution in [1.82, 2.24) is 25.0 Å². The number of halogens is 1. The number of aliphatic hydroxyl groups is 1. The molecule has 0 unspecified atom stereocenters. The predicted octanol–water partition coefficient (Wildman–Crippen LogP) is 2.70. The first kappa shape index (κ1) is 35.0. The van der Waals surface area contributed by atoms with E-state index in [9.17, 15) is 27.9 Å². The van der Waals surface area contributed by atoms with Crippen molar-refractivity contribution in [3.05, 3.63) is 40.0 Å². The van der Waals surface area contributed by atoms with E-state index in [-0.39, 0.29) is 23.8 Å². The van der Waals surface area contributed by atoms with Crippen LogP contribution < -0.4 is 5.32 Å². The molecule has 262 valence electrons. The van der Waals surface area contributed by atoms with Gasteiger partial charge >= 0.3 is 0 Å². The normalized spacial score (nSPS) is 31.4. The van der Waals surface area contributed by atoms with Crippen LogP contribution in [0.3, 0.4) is 0 Å². The third-order valence-electron chi connectivity index (χ3n) is 10.3. The summed E-state index contributed by atoms with van der Waals surface area (Å²) >= 11 is 3.70. The van der Waals surface area contributed by atoms with Gasteiger partial charge in [-0.2, -0.15) is 8.42 Å². The zero-order valence-corrected chi connectivity index (χ0v) is 30.4. The zero-order chi connectivity index (χ0) is 35.1. The second-order valence-electron chi connectivity index (χ2n) is 14.4. The second-order valence-corrected chi connectivity index (χ2v) is 16.7. The van der Waals surface area contributed by atoms with Crippen molar-refractivity contribution < 1.29 is 37.2 Å². The maximum absolute atomic E-state index is 14.4. The number of likely N-dealkylation sites (N-methyl/N-ethyl adjacent to an activating group) is 1. The van der Waals surface area contributed by atoms with Gasteiger partial charge in [0.15, 0.2) is 0 Å². The number of ether oxygens (including phenoxy) is 1. The Balaban J connectivity index is 0.000000749. The van der Waals surface area contributed by atoms with Crippen LogP contribution in [0.1, 0.15) is 58.1 Å². The summed E-state index contributed by atoms with van der Waals surface area (Å²) in [6.45, 7) is 8.57. The number of hydrogen-bond acceptors (Lipinski definition) is 8. The highest BCUT2D eigenvalue weighted by Gasteiger charge is 2.72. The number of piperazine rings is 1. The highest BCUT2D eigenvalue weighted by atomic mass is 79.9. The summed E-state index contributed by atoms with van der Waals surface area (Å²) in [5.41, 5.74) is 2.68. The quantitative estimate of drug-likeness (QED) is 0.336. The molecule has 0 spiro atoms. The minimum atomic E-state index is -3.67. The van der Waals surface area contributed by atoms with Gasteiger partial charge in [0.1, 0.15) is 12.1 Å². The van der Waals surface area contributed by atoms with E-state index >= 15 is 0 Å². The van der Waals surface area contributed by atoms with Crippen LogP contribution in [0, 0.1) is 17.8 Å². The average Bonchev–Trinajstić information content (AvgIpc) is 3.66. The highest BCUT2D eigenvalue weighted by Crippen LogP contribution is 2.49. The number of carbonyl (C=O) groups is 3. The Morgan fingerprint density at radius 2 is 1.92 bits per heavy atom. The van der Waals surface area contributed by atoms with Gasteiger partial charge in [-0.15, -0.1) is 0 Å². The van der Waals surface area contributed by atoms with Gasteiger partial charge in [-0.1, -0.05) is 45.9 Å². The number of rotatable bonds is 5. The number of fused-ring (bicyclic) bond motifs is 5. The fraction of sp³-hybridized carbons (Fsp3) is 0.606. The Morgan fingerprint density at radius 1 is 1.23 bits per heavy atom. The lowest BCUT2D eigenvalue weighted by molar-refractivity contribution is -0.322. The molecule has 2 aromatic rings. The molecule has 3 fully saturated rings. The maximum Gasteiger partial charge on any atom is 0.281 e. The number of amides is 3. The number of nitrogens with zero attached hydrogens (tertiary/aromatic N) is 3. The molecule has 1 aromatic carbocycles. The molecule has 4 aliphatic heterocycles. The van der Waals surface area contributed by atoms with Crippen LogP contribution in [0.2, 0.25) is 0 Å². The molecule has 13 nitrogen and oxygen atoms in total. The van der Waals surface area contributed by atoms with Crippen LogP contribution in [-0.2, 0) is 35.7 Å². The summed E-state index contributed by atoms with van der Waals surface area (Å²) in [4.78, 5) is 50.8. The molecule has 1 aliphatic carbocycles. The molecule has 0 radical (unpaired) electrons. The molecule has 5 heterocycles. The average molecular weight is 751 g/mol. The van der Waals surface area contributed by atoms with Gasteiger partial charge in [-0.05, 0) is 77.3 Å². The fourth-order valence-electron chi connectivity index (χ4n) is 8.15. The second kappa shape index (κ2) is 12.2. The van der Waals surface area contributed by atoms with Crippen LogP contribution in [-0.4, -0.2) is 112 Å². The summed E-state index contributed by atoms with van der Waals surface area (Å²) in [6.07, 6.45) is 5.20. The number of H-pyrrole nitrogens is 1. The number of aromatic amines is 1. The largest absolute Gasteiger partial charge is 0.349 e. The third kappa shape index (κ3) is 5.69. The van der Waals surface area contributed by atoms with E-state index in [2.05, 4.69) is 43.3 Å². The summed E-state index contributed by atoms with van der Waals surface area (Å²) < 4.78 is 33.3. The molecule has 15 heteroatoms. The first-order valence-electron chi connectivity index (χ1n) is 16.4. The van der Waals surface area contributed by atoms with Crippen LogP contribution in [0.4, 0.5) is 0 Å². The molecular weight excluding hydrogens is 706 g/mol. The van der Waals surface area contributed by atoms with E-state index in [1.165, 1.54) is 15.8 Å². The molecule has 5 aliphatic rings. The Bertz CT molecular complexity index is 1800. The lowest BCUT2D eigenvalue weighted by atomic mass is 9.79. The van der Waals surface area contributed by atoms with Gasteiger partial charge in [0.05, 0.1) is 16.8 Å². The number of benzene rings is 1. The van der Waals surface area contributed by atoms with Gasteiger partial charge in [0, 0.05) is 36.0 Å². The smallest absolute Gasteiger partial charge is 0.281 e. The van der Waals surface area contributed by atoms with E-state index in [4.69, 9.17) is 9.29 Å². The Morgan fingerprint density at radius 3 is 2.56 bits per heavy atom. The van der Waals surface area contributed by atoms with Crippen LogP contribution in [0.25, 0.3) is 16.5 Å². The van der Waals surface area contributed by atoms with E-state index in [1.807, 2.05) is 33.0 Å². The van der Waals surface area contributed by atoms with Gasteiger partial charge < -0.3 is 20.3 Å². The highest BCUT2D eigenvalue weighted by molar-refractivity contribution is 9.10. The lowest BCUT2D eigenvalue weighted by Gasteiger charge is -2.49. The number of carbonyl (C=O) groups excluding carboxylic acids is 3. The first-order chi connectivity index (χ1) is 22.4. The molecule has 3 saturated heterocycles. The van der Waals surface area contributed by atoms with Crippen molar-refractivity contribution in [1.29, 1.82) is 0 Å². The summed E-state index contributed by atoms with van der Waals surface area (Å²) in [5, 5.41) is 16.3. The Hall–Kier alpha value is -2.82. The van der Waals surface area contributed by atoms with Gasteiger partial charge in [0.25, 0.3) is 21.9 Å². The molecule has 4 N–H and O–H groups in total. The molecule has 1 aromatic heterocycles. The maximum atomic E-state index is 14.4. The lowest BCUT2D eigenvalue weighted by Crippen LogP contribution is -2.71. The monoisotopic (exact) mass is 749 g/mol. The fourth-order valence-corrected chi connectivity index (χ4v) is 8.72. The van der Waals surface area contributed by atoms with Crippen molar-refractivity contribution >= 4 is 60.2 Å². The van der Waals surface area contributed by atoms with Crippen LogP contribution >= 0.6 is 15.9 Å². The first-order valence-corrected chi connectivity index (χ1v) is 19.0. The summed E-state index contributed by atoms with van der Waals surface area (Å²) in [5.74, 6) is -4.01. The van der Waals surface area contributed by atoms with Crippen molar-refractivity contribution in [2.45, 2.75) is 83.1 Å². The van der Waals surface area contributed by atoms with Crippen molar-refractivity contribution in [3.63, 3.8) is 0 Å². The van der Waals surface area contributed by atoms with Crippen LogP contribution in [0.5, 0.6) is 0 Å². The molecule has 6 atom stereocenters. The molecule has 7 rings (SSSR count). The van der Waals surface area contributed by atoms with Crippen molar-refractivity contribution in [2.24, 2.45) is 17.8 Å². The standard InChI is InChI=1S/C32H40BrN5O5.CH4O3S/c1-16(2)12-24-29(40)37-11-7-10-25(37)32(42)38(24)30(41)31(43-32,17(3)4)35-28(39)18-13-20-19-8-6-9-22-26(19)21(27(33)34-22)14-23(20)36(5)15-18;1-5(2,3)4/h6,8-9,13,16-18,23-25,34,42H,7,10-12,14-15H2,1-5H3,(H,35,39);1H3,(H,2,3,4)/t18-,23+,24-,25+,31+,32-;/m0./s1. The minimum Gasteiger partial charge on any atom is -0.349 e. The number of nitrogens with one attached hydrogen (secondary N) is 2. The molecule has 0 bridgehead atoms. The van der Waals surface area contributed by atoms with E-state index in [0.29, 0.717) is 32.2 Å². The predicted molar refractivity (Wildman–Crippen MR) is 182 cm³/mol. The third-order valence-corrected chi connectivity index (χ3v) is 10.9. The summed E-state index contributed by atoms with van der Waals surface area (Å²) in [6, 6.07) is 4.76. The molecular formula is C33H44BrN5O8S. The minimum absolute atomic E-state index is 0.104. The SMILES string of the molecule is CC(C)C[C@H]1C(=O)N2CCC[C@@H]2[C@]2(O)O[C@](NC(=O)[C@H]3C=C4c5cccc6[nH]c(Br)c(c56)C[C@H]4N(C)C3)(C(C)C)C(=O)N12.CS(=O)(=O)O. The Kier molecular flexibility index (Phi) is 8.90. The summed E-state index contributed by atoms with van der Waals surface area (Å²) in [7, 11) is -1.64. The molecule has 0 saturated carbocycles. The van der Waals surface area contributed by atoms with Gasteiger partial charge in [0.2, 0.25) is 17.5 Å².